The van der Waals surface area contributed by atoms with E-state index in [9.17, 15) is 10.1 Å². The van der Waals surface area contributed by atoms with Crippen molar-refractivity contribution in [2.24, 2.45) is 5.92 Å². The van der Waals surface area contributed by atoms with E-state index < -0.39 is 0 Å². The Morgan fingerprint density at radius 2 is 2.22 bits per heavy atom. The third-order valence-electron chi connectivity index (χ3n) is 5.83. The number of benzene rings is 1. The van der Waals surface area contributed by atoms with Crippen molar-refractivity contribution in [3.8, 4) is 6.07 Å². The number of allylic oxidation sites excluding steroid dienone is 1. The van der Waals surface area contributed by atoms with E-state index in [1.807, 2.05) is 18.2 Å². The van der Waals surface area contributed by atoms with Gasteiger partial charge in [0.2, 0.25) is 0 Å². The molecule has 5 nitrogen and oxygen atoms in total. The van der Waals surface area contributed by atoms with E-state index in [4.69, 9.17) is 4.74 Å². The summed E-state index contributed by atoms with van der Waals surface area (Å²) in [7, 11) is 1.45. The molecule has 0 spiro atoms. The Morgan fingerprint density at radius 3 is 2.96 bits per heavy atom. The highest BCUT2D eigenvalue weighted by atomic mass is 16.5. The van der Waals surface area contributed by atoms with E-state index in [2.05, 4.69) is 40.9 Å². The number of hydrogen-bond acceptors (Lipinski definition) is 3. The molecule has 2 aliphatic heterocycles. The van der Waals surface area contributed by atoms with Gasteiger partial charge >= 0.3 is 5.97 Å². The zero-order valence-electron chi connectivity index (χ0n) is 15.7. The summed E-state index contributed by atoms with van der Waals surface area (Å²) < 4.78 is 7.31. The van der Waals surface area contributed by atoms with Gasteiger partial charge in [-0.3, -0.25) is 4.79 Å². The lowest BCUT2D eigenvalue weighted by molar-refractivity contribution is -0.542. The minimum absolute atomic E-state index is 0.117. The van der Waals surface area contributed by atoms with Gasteiger partial charge in [0.1, 0.15) is 18.8 Å². The first kappa shape index (κ1) is 17.5. The van der Waals surface area contributed by atoms with Gasteiger partial charge in [-0.1, -0.05) is 31.2 Å². The van der Waals surface area contributed by atoms with Gasteiger partial charge in [0.15, 0.2) is 0 Å². The highest BCUT2D eigenvalue weighted by Crippen LogP contribution is 2.35. The maximum absolute atomic E-state index is 12.7. The van der Waals surface area contributed by atoms with Crippen molar-refractivity contribution in [1.82, 2.24) is 4.98 Å². The Kier molecular flexibility index (Phi) is 4.57. The minimum Gasteiger partial charge on any atom is -0.469 e. The molecule has 27 heavy (non-hydrogen) atoms. The molecule has 2 aliphatic rings. The monoisotopic (exact) mass is 362 g/mol. The standard InChI is InChI=1S/C22H24N3O2/c1-3-15-10-14-11-18(22(26)27-2)21-17(8-9-25(13-14)20(15)12-23)16-6-4-5-7-19(16)24-21/h4-7,10,13-14,18,20,24H,3,8-9,11H2,1-2H3/q+1/t14-,18-,20+/m0/s1. The van der Waals surface area contributed by atoms with Gasteiger partial charge in [0.05, 0.1) is 18.9 Å². The number of carbonyl (C=O) groups excluding carboxylic acids is 1. The fourth-order valence-corrected chi connectivity index (χ4v) is 4.53. The maximum Gasteiger partial charge on any atom is 0.314 e. The molecule has 0 saturated carbocycles. The molecule has 2 aromatic rings. The molecule has 0 radical (unpaired) electrons. The molecule has 4 rings (SSSR count). The Morgan fingerprint density at radius 1 is 1.41 bits per heavy atom. The van der Waals surface area contributed by atoms with Crippen molar-refractivity contribution in [3.63, 3.8) is 0 Å². The number of nitrogens with one attached hydrogen (secondary N) is 1. The lowest BCUT2D eigenvalue weighted by Gasteiger charge is -2.21. The fourth-order valence-electron chi connectivity index (χ4n) is 4.53. The lowest BCUT2D eigenvalue weighted by Crippen LogP contribution is -2.35. The van der Waals surface area contributed by atoms with Gasteiger partial charge in [-0.15, -0.1) is 0 Å². The van der Waals surface area contributed by atoms with Gasteiger partial charge < -0.3 is 9.72 Å². The summed E-state index contributed by atoms with van der Waals surface area (Å²) in [5.41, 5.74) is 4.31. The van der Waals surface area contributed by atoms with Crippen LogP contribution in [0, 0.1) is 17.2 Å². The zero-order chi connectivity index (χ0) is 19.0. The molecule has 0 unspecified atom stereocenters. The van der Waals surface area contributed by atoms with E-state index >= 15 is 0 Å². The van der Waals surface area contributed by atoms with Crippen molar-refractivity contribution in [1.29, 1.82) is 5.26 Å². The van der Waals surface area contributed by atoms with Crippen LogP contribution in [0.2, 0.25) is 0 Å². The number of carbonyl (C=O) groups is 1. The van der Waals surface area contributed by atoms with Crippen molar-refractivity contribution in [2.75, 3.05) is 13.7 Å². The Labute approximate surface area is 159 Å². The first-order valence-electron chi connectivity index (χ1n) is 9.54. The second-order valence-electron chi connectivity index (χ2n) is 7.30. The van der Waals surface area contributed by atoms with Crippen molar-refractivity contribution in [2.45, 2.75) is 38.1 Å². The predicted molar refractivity (Wildman–Crippen MR) is 104 cm³/mol. The first-order chi connectivity index (χ1) is 13.2. The van der Waals surface area contributed by atoms with Gasteiger partial charge in [0.25, 0.3) is 6.04 Å². The topological polar surface area (TPSA) is 68.9 Å². The Balaban J connectivity index is 1.86. The number of nitriles is 1. The molecule has 1 N–H and O–H groups in total. The van der Waals surface area contributed by atoms with Gasteiger partial charge in [-0.05, 0) is 24.5 Å². The van der Waals surface area contributed by atoms with Crippen LogP contribution >= 0.6 is 0 Å². The third-order valence-corrected chi connectivity index (χ3v) is 5.83. The largest absolute Gasteiger partial charge is 0.469 e. The highest BCUT2D eigenvalue weighted by molar-refractivity contribution is 5.88. The summed E-state index contributed by atoms with van der Waals surface area (Å²) in [6.07, 6.45) is 6.58. The summed E-state index contributed by atoms with van der Waals surface area (Å²) in [4.78, 5) is 16.2. The number of rotatable bonds is 2. The van der Waals surface area contributed by atoms with Gasteiger partial charge in [0, 0.05) is 28.6 Å². The summed E-state index contributed by atoms with van der Waals surface area (Å²) in [6.45, 7) is 2.85. The predicted octanol–water partition coefficient (Wildman–Crippen LogP) is 3.31. The maximum atomic E-state index is 12.7. The highest BCUT2D eigenvalue weighted by Gasteiger charge is 2.37. The minimum atomic E-state index is -0.341. The summed E-state index contributed by atoms with van der Waals surface area (Å²) in [5.74, 6) is -0.434. The smallest absolute Gasteiger partial charge is 0.314 e. The number of para-hydroxylation sites is 1. The molecular weight excluding hydrogens is 338 g/mol. The van der Waals surface area contributed by atoms with E-state index in [1.165, 1.54) is 7.11 Å². The quantitative estimate of drug-likeness (QED) is 0.506. The van der Waals surface area contributed by atoms with Crippen LogP contribution < -0.4 is 0 Å². The zero-order valence-corrected chi connectivity index (χ0v) is 15.7. The molecule has 3 atom stereocenters. The number of aromatic nitrogens is 1. The normalized spacial score (nSPS) is 24.6. The van der Waals surface area contributed by atoms with Crippen LogP contribution in [0.4, 0.5) is 0 Å². The molecule has 0 fully saturated rings. The van der Waals surface area contributed by atoms with Crippen LogP contribution in [0.1, 0.15) is 36.9 Å². The Hall–Kier alpha value is -2.87. The van der Waals surface area contributed by atoms with Crippen LogP contribution in [-0.2, 0) is 16.0 Å². The Bertz CT molecular complexity index is 993. The molecule has 2 bridgehead atoms. The molecular formula is C22H24N3O2+. The molecule has 0 saturated heterocycles. The number of ether oxygens (including phenoxy) is 1. The van der Waals surface area contributed by atoms with Crippen LogP contribution in [0.15, 0.2) is 35.9 Å². The summed E-state index contributed by atoms with van der Waals surface area (Å²) in [5, 5.41) is 10.9. The fraction of sp³-hybridized carbons (Fsp3) is 0.409. The van der Waals surface area contributed by atoms with Crippen LogP contribution in [0.25, 0.3) is 10.9 Å². The molecule has 3 heterocycles. The second-order valence-corrected chi connectivity index (χ2v) is 7.30. The van der Waals surface area contributed by atoms with Crippen LogP contribution in [-0.4, -0.2) is 41.4 Å². The average molecular weight is 362 g/mol. The molecule has 1 aromatic heterocycles. The molecule has 1 aromatic carbocycles. The number of H-pyrrole nitrogens is 1. The van der Waals surface area contributed by atoms with Crippen LogP contribution in [0.3, 0.4) is 0 Å². The van der Waals surface area contributed by atoms with E-state index in [1.54, 1.807) is 0 Å². The van der Waals surface area contributed by atoms with Gasteiger partial charge in [-0.2, -0.15) is 5.26 Å². The van der Waals surface area contributed by atoms with Crippen LogP contribution in [0.5, 0.6) is 0 Å². The van der Waals surface area contributed by atoms with E-state index in [0.717, 1.165) is 47.1 Å². The third kappa shape index (κ3) is 2.95. The average Bonchev–Trinajstić information content (AvgIpc) is 3.08. The number of fused-ring (bicyclic) bond motifs is 4. The summed E-state index contributed by atoms with van der Waals surface area (Å²) in [6, 6.07) is 10.4. The van der Waals surface area contributed by atoms with Crippen molar-refractivity contribution in [3.05, 3.63) is 47.2 Å². The number of hydrogen-bond donors (Lipinski definition) is 1. The number of aromatic amines is 1. The second kappa shape index (κ2) is 7.03. The first-order valence-corrected chi connectivity index (χ1v) is 9.54. The van der Waals surface area contributed by atoms with Crippen molar-refractivity contribution < 1.29 is 14.1 Å². The number of nitrogens with zero attached hydrogens (tertiary/aromatic N) is 2. The summed E-state index contributed by atoms with van der Waals surface area (Å²) >= 11 is 0. The molecule has 0 aliphatic carbocycles. The molecule has 0 amide bonds. The van der Waals surface area contributed by atoms with Gasteiger partial charge in [-0.25, -0.2) is 4.58 Å². The van der Waals surface area contributed by atoms with E-state index in [0.29, 0.717) is 6.42 Å². The van der Waals surface area contributed by atoms with E-state index in [-0.39, 0.29) is 23.8 Å². The molecule has 5 heteroatoms. The lowest BCUT2D eigenvalue weighted by atomic mass is 9.87. The number of methoxy groups -OCH3 is 1. The number of esters is 1. The SMILES string of the molecule is CCC1=C[C@@H]2C=[N+](CCc3c([nH]c4ccccc34)[C@@H](C(=O)OC)C2)[C@@H]1C#N. The molecule has 138 valence electrons. The van der Waals surface area contributed by atoms with Crippen molar-refractivity contribution >= 4 is 23.1 Å².